The molecule has 0 fully saturated rings. The molecule has 0 saturated carbocycles. The van der Waals surface area contributed by atoms with E-state index < -0.39 is 0 Å². The Balaban J connectivity index is 1.77. The van der Waals surface area contributed by atoms with E-state index in [1.165, 1.54) is 0 Å². The van der Waals surface area contributed by atoms with Gasteiger partial charge in [0.15, 0.2) is 11.5 Å². The van der Waals surface area contributed by atoms with Gasteiger partial charge in [-0.15, -0.1) is 10.2 Å². The molecule has 6 nitrogen and oxygen atoms in total. The van der Waals surface area contributed by atoms with Crippen LogP contribution in [0.2, 0.25) is 0 Å². The van der Waals surface area contributed by atoms with E-state index in [4.69, 9.17) is 5.73 Å². The standard InChI is InChI=1S/C14H12BrN5O/c15-9-4-5-10(11(16)7-9)14(21)17-8-13-19-18-12-3-1-2-6-20(12)13/h1-7H,8,16H2,(H,17,21). The predicted molar refractivity (Wildman–Crippen MR) is 82.7 cm³/mol. The van der Waals surface area contributed by atoms with Crippen molar-refractivity contribution in [2.24, 2.45) is 0 Å². The van der Waals surface area contributed by atoms with Crippen molar-refractivity contribution in [3.05, 3.63) is 58.5 Å². The molecule has 0 radical (unpaired) electrons. The number of fused-ring (bicyclic) bond motifs is 1. The summed E-state index contributed by atoms with van der Waals surface area (Å²) in [6, 6.07) is 10.8. The van der Waals surface area contributed by atoms with Gasteiger partial charge in [-0.25, -0.2) is 0 Å². The molecule has 2 aromatic heterocycles. The fourth-order valence-corrected chi connectivity index (χ4v) is 2.39. The lowest BCUT2D eigenvalue weighted by Crippen LogP contribution is -2.24. The van der Waals surface area contributed by atoms with Crippen molar-refractivity contribution < 1.29 is 4.79 Å². The normalized spacial score (nSPS) is 10.7. The summed E-state index contributed by atoms with van der Waals surface area (Å²) in [6.45, 7) is 0.277. The summed E-state index contributed by atoms with van der Waals surface area (Å²) in [5.41, 5.74) is 7.44. The number of anilines is 1. The lowest BCUT2D eigenvalue weighted by Gasteiger charge is -2.07. The zero-order chi connectivity index (χ0) is 14.8. The van der Waals surface area contributed by atoms with Crippen LogP contribution in [0.1, 0.15) is 16.2 Å². The molecule has 1 aromatic carbocycles. The highest BCUT2D eigenvalue weighted by molar-refractivity contribution is 9.10. The highest BCUT2D eigenvalue weighted by atomic mass is 79.9. The average Bonchev–Trinajstić information content (AvgIpc) is 2.88. The molecule has 1 amide bonds. The van der Waals surface area contributed by atoms with E-state index in [2.05, 4.69) is 31.4 Å². The molecule has 3 rings (SSSR count). The van der Waals surface area contributed by atoms with Gasteiger partial charge in [-0.3, -0.25) is 9.20 Å². The summed E-state index contributed by atoms with van der Waals surface area (Å²) in [4.78, 5) is 12.1. The molecule has 7 heteroatoms. The van der Waals surface area contributed by atoms with Crippen LogP contribution in [0.5, 0.6) is 0 Å². The number of pyridine rings is 1. The lowest BCUT2D eigenvalue weighted by atomic mass is 10.1. The summed E-state index contributed by atoms with van der Waals surface area (Å²) in [5.74, 6) is 0.419. The van der Waals surface area contributed by atoms with E-state index in [0.29, 0.717) is 17.1 Å². The van der Waals surface area contributed by atoms with Crippen molar-refractivity contribution >= 4 is 33.2 Å². The first-order valence-corrected chi connectivity index (χ1v) is 7.06. The zero-order valence-corrected chi connectivity index (χ0v) is 12.5. The second-order valence-corrected chi connectivity index (χ2v) is 5.37. The van der Waals surface area contributed by atoms with Gasteiger partial charge in [0.2, 0.25) is 0 Å². The van der Waals surface area contributed by atoms with Crippen LogP contribution in [0.25, 0.3) is 5.65 Å². The van der Waals surface area contributed by atoms with Crippen molar-refractivity contribution in [3.8, 4) is 0 Å². The van der Waals surface area contributed by atoms with Crippen LogP contribution < -0.4 is 11.1 Å². The fourth-order valence-electron chi connectivity index (χ4n) is 2.01. The van der Waals surface area contributed by atoms with Crippen molar-refractivity contribution in [1.82, 2.24) is 19.9 Å². The van der Waals surface area contributed by atoms with Crippen molar-refractivity contribution in [2.45, 2.75) is 6.54 Å². The molecule has 0 aliphatic rings. The molecule has 0 spiro atoms. The quantitative estimate of drug-likeness (QED) is 0.711. The van der Waals surface area contributed by atoms with Crippen LogP contribution in [0.3, 0.4) is 0 Å². The largest absolute Gasteiger partial charge is 0.398 e. The molecule has 0 unspecified atom stereocenters. The van der Waals surface area contributed by atoms with Gasteiger partial charge in [-0.2, -0.15) is 0 Å². The third-order valence-corrected chi connectivity index (χ3v) is 3.54. The Bertz CT molecular complexity index is 814. The molecule has 0 saturated heterocycles. The summed E-state index contributed by atoms with van der Waals surface area (Å²) in [7, 11) is 0. The van der Waals surface area contributed by atoms with E-state index in [1.807, 2.05) is 28.8 Å². The number of carbonyl (C=O) groups excluding carboxylic acids is 1. The molecule has 3 aromatic rings. The van der Waals surface area contributed by atoms with Gasteiger partial charge >= 0.3 is 0 Å². The number of hydrogen-bond donors (Lipinski definition) is 2. The first-order valence-electron chi connectivity index (χ1n) is 6.27. The highest BCUT2D eigenvalue weighted by Crippen LogP contribution is 2.18. The Morgan fingerprint density at radius 3 is 2.95 bits per heavy atom. The molecule has 3 N–H and O–H groups in total. The third-order valence-electron chi connectivity index (χ3n) is 3.05. The van der Waals surface area contributed by atoms with Gasteiger partial charge < -0.3 is 11.1 Å². The van der Waals surface area contributed by atoms with Gasteiger partial charge in [0, 0.05) is 16.4 Å². The van der Waals surface area contributed by atoms with Crippen LogP contribution in [0, 0.1) is 0 Å². The Morgan fingerprint density at radius 2 is 2.14 bits per heavy atom. The minimum atomic E-state index is -0.243. The number of halogens is 1. The van der Waals surface area contributed by atoms with E-state index in [-0.39, 0.29) is 12.5 Å². The predicted octanol–water partition coefficient (Wildman–Crippen LogP) is 2.00. The van der Waals surface area contributed by atoms with E-state index in [0.717, 1.165) is 10.1 Å². The zero-order valence-electron chi connectivity index (χ0n) is 11.0. The maximum Gasteiger partial charge on any atom is 0.253 e. The van der Waals surface area contributed by atoms with Gasteiger partial charge in [0.25, 0.3) is 5.91 Å². The number of aromatic nitrogens is 3. The lowest BCUT2D eigenvalue weighted by molar-refractivity contribution is 0.0950. The number of hydrogen-bond acceptors (Lipinski definition) is 4. The Morgan fingerprint density at radius 1 is 1.29 bits per heavy atom. The molecular formula is C14H12BrN5O. The van der Waals surface area contributed by atoms with Gasteiger partial charge in [-0.05, 0) is 30.3 Å². The van der Waals surface area contributed by atoms with E-state index in [9.17, 15) is 4.79 Å². The van der Waals surface area contributed by atoms with Crippen molar-refractivity contribution in [1.29, 1.82) is 0 Å². The fraction of sp³-hybridized carbons (Fsp3) is 0.0714. The molecule has 21 heavy (non-hydrogen) atoms. The number of benzene rings is 1. The van der Waals surface area contributed by atoms with Crippen molar-refractivity contribution in [3.63, 3.8) is 0 Å². The maximum absolute atomic E-state index is 12.1. The molecular weight excluding hydrogens is 334 g/mol. The monoisotopic (exact) mass is 345 g/mol. The Hall–Kier alpha value is -2.41. The summed E-state index contributed by atoms with van der Waals surface area (Å²) in [6.07, 6.45) is 1.85. The molecule has 0 bridgehead atoms. The summed E-state index contributed by atoms with van der Waals surface area (Å²) < 4.78 is 2.66. The number of rotatable bonds is 3. The number of nitrogen functional groups attached to an aromatic ring is 1. The van der Waals surface area contributed by atoms with Crippen molar-refractivity contribution in [2.75, 3.05) is 5.73 Å². The topological polar surface area (TPSA) is 85.3 Å². The van der Waals surface area contributed by atoms with Crippen LogP contribution in [-0.2, 0) is 6.54 Å². The van der Waals surface area contributed by atoms with Crippen LogP contribution >= 0.6 is 15.9 Å². The third kappa shape index (κ3) is 2.73. The molecule has 0 aliphatic carbocycles. The van der Waals surface area contributed by atoms with E-state index in [1.54, 1.807) is 18.2 Å². The average molecular weight is 346 g/mol. The second-order valence-electron chi connectivity index (χ2n) is 4.46. The first kappa shape index (κ1) is 13.6. The molecule has 2 heterocycles. The molecule has 0 aliphatic heterocycles. The van der Waals surface area contributed by atoms with Crippen LogP contribution in [-0.4, -0.2) is 20.5 Å². The molecule has 0 atom stereocenters. The maximum atomic E-state index is 12.1. The minimum absolute atomic E-state index is 0.243. The number of carbonyl (C=O) groups is 1. The Kier molecular flexibility index (Phi) is 3.57. The smallest absolute Gasteiger partial charge is 0.253 e. The number of nitrogens with one attached hydrogen (secondary N) is 1. The SMILES string of the molecule is Nc1cc(Br)ccc1C(=O)NCc1nnc2ccccn12. The number of nitrogens with two attached hydrogens (primary N) is 1. The second kappa shape index (κ2) is 5.53. The van der Waals surface area contributed by atoms with Crippen LogP contribution in [0.4, 0.5) is 5.69 Å². The Labute approximate surface area is 129 Å². The van der Waals surface area contributed by atoms with E-state index >= 15 is 0 Å². The van der Waals surface area contributed by atoms with Gasteiger partial charge in [-0.1, -0.05) is 22.0 Å². The minimum Gasteiger partial charge on any atom is -0.398 e. The van der Waals surface area contributed by atoms with Crippen LogP contribution in [0.15, 0.2) is 47.1 Å². The first-order chi connectivity index (χ1) is 10.1. The summed E-state index contributed by atoms with van der Waals surface area (Å²) in [5, 5.41) is 10.9. The van der Waals surface area contributed by atoms with Gasteiger partial charge in [0.1, 0.15) is 0 Å². The summed E-state index contributed by atoms with van der Waals surface area (Å²) >= 11 is 3.31. The number of nitrogens with zero attached hydrogens (tertiary/aromatic N) is 3. The highest BCUT2D eigenvalue weighted by Gasteiger charge is 2.11. The van der Waals surface area contributed by atoms with Gasteiger partial charge in [0.05, 0.1) is 12.1 Å². The number of amides is 1. The molecule has 106 valence electrons.